The number of rotatable bonds is 12. The lowest BCUT2D eigenvalue weighted by molar-refractivity contribution is 0.233. The third-order valence-corrected chi connectivity index (χ3v) is 5.95. The maximum atomic E-state index is 5.78. The summed E-state index contributed by atoms with van der Waals surface area (Å²) in [6, 6.07) is 8.54. The van der Waals surface area contributed by atoms with Crippen molar-refractivity contribution in [2.75, 3.05) is 51.8 Å². The number of aromatic nitrogens is 1. The fourth-order valence-corrected chi connectivity index (χ4v) is 4.18. The lowest BCUT2D eigenvalue weighted by Gasteiger charge is -2.27. The van der Waals surface area contributed by atoms with E-state index in [1.807, 2.05) is 40.0 Å². The van der Waals surface area contributed by atoms with Crippen LogP contribution in [-0.2, 0) is 13.1 Å². The van der Waals surface area contributed by atoms with Crippen LogP contribution in [0.5, 0.6) is 5.75 Å². The van der Waals surface area contributed by atoms with E-state index in [0.29, 0.717) is 19.0 Å². The SMILES string of the molecule is C=NC(=NCCCCC)c1c(NCN)ccn1Cc1ccc(CN2CCNCC2)cc1OC.CC.CC. The van der Waals surface area contributed by atoms with Crippen LogP contribution in [0, 0.1) is 0 Å². The first-order valence-corrected chi connectivity index (χ1v) is 13.9. The molecule has 3 rings (SSSR count). The highest BCUT2D eigenvalue weighted by Gasteiger charge is 2.17. The molecule has 1 aromatic heterocycles. The second kappa shape index (κ2) is 19.4. The molecule has 37 heavy (non-hydrogen) atoms. The minimum Gasteiger partial charge on any atom is -0.496 e. The van der Waals surface area contributed by atoms with E-state index >= 15 is 0 Å². The number of nitrogens with two attached hydrogens (primary N) is 1. The molecule has 0 atom stereocenters. The molecule has 2 heterocycles. The van der Waals surface area contributed by atoms with Crippen LogP contribution < -0.4 is 21.1 Å². The van der Waals surface area contributed by atoms with Crippen molar-refractivity contribution >= 4 is 18.2 Å². The molecule has 1 aliphatic rings. The number of nitrogens with zero attached hydrogens (tertiary/aromatic N) is 4. The Morgan fingerprint density at radius 3 is 2.46 bits per heavy atom. The van der Waals surface area contributed by atoms with Gasteiger partial charge in [-0.15, -0.1) is 0 Å². The van der Waals surface area contributed by atoms with Crippen molar-refractivity contribution in [2.24, 2.45) is 15.7 Å². The van der Waals surface area contributed by atoms with E-state index in [-0.39, 0.29) is 0 Å². The van der Waals surface area contributed by atoms with E-state index in [1.165, 1.54) is 5.56 Å². The van der Waals surface area contributed by atoms with Gasteiger partial charge in [0.2, 0.25) is 0 Å². The first-order chi connectivity index (χ1) is 18.2. The van der Waals surface area contributed by atoms with Crippen LogP contribution in [0.1, 0.15) is 70.7 Å². The van der Waals surface area contributed by atoms with Crippen molar-refractivity contribution in [3.8, 4) is 5.75 Å². The summed E-state index contributed by atoms with van der Waals surface area (Å²) in [6.45, 7) is 20.9. The van der Waals surface area contributed by atoms with Gasteiger partial charge in [0.25, 0.3) is 0 Å². The summed E-state index contributed by atoms with van der Waals surface area (Å²) in [6.07, 6.45) is 5.39. The van der Waals surface area contributed by atoms with Crippen molar-refractivity contribution in [1.82, 2.24) is 14.8 Å². The molecule has 1 fully saturated rings. The van der Waals surface area contributed by atoms with E-state index in [4.69, 9.17) is 15.5 Å². The quantitative estimate of drug-likeness (QED) is 0.161. The van der Waals surface area contributed by atoms with Crippen LogP contribution in [-0.4, -0.2) is 68.5 Å². The molecule has 0 spiro atoms. The van der Waals surface area contributed by atoms with E-state index in [2.05, 4.69) is 56.9 Å². The number of benzene rings is 1. The van der Waals surface area contributed by atoms with Crippen LogP contribution in [0.4, 0.5) is 5.69 Å². The van der Waals surface area contributed by atoms with Crippen LogP contribution in [0.15, 0.2) is 40.4 Å². The average Bonchev–Trinajstić information content (AvgIpc) is 3.34. The minimum absolute atomic E-state index is 0.335. The van der Waals surface area contributed by atoms with Gasteiger partial charge in [-0.2, -0.15) is 0 Å². The van der Waals surface area contributed by atoms with Crippen molar-refractivity contribution in [3.05, 3.63) is 47.3 Å². The van der Waals surface area contributed by atoms with Gasteiger partial charge in [-0.1, -0.05) is 59.6 Å². The minimum atomic E-state index is 0.335. The molecule has 4 N–H and O–H groups in total. The Bertz CT molecular complexity index is 917. The highest BCUT2D eigenvalue weighted by Crippen LogP contribution is 2.26. The number of ether oxygens (including phenoxy) is 1. The number of nitrogens with one attached hydrogen (secondary N) is 2. The summed E-state index contributed by atoms with van der Waals surface area (Å²) >= 11 is 0. The van der Waals surface area contributed by atoms with Crippen LogP contribution in [0.2, 0.25) is 0 Å². The van der Waals surface area contributed by atoms with E-state index < -0.39 is 0 Å². The van der Waals surface area contributed by atoms with Gasteiger partial charge in [0.1, 0.15) is 11.4 Å². The Hall–Kier alpha value is -2.68. The zero-order valence-corrected chi connectivity index (χ0v) is 24.1. The molecule has 8 heteroatoms. The third kappa shape index (κ3) is 10.3. The summed E-state index contributed by atoms with van der Waals surface area (Å²) in [7, 11) is 1.73. The number of anilines is 1. The van der Waals surface area contributed by atoms with Gasteiger partial charge in [0, 0.05) is 51.0 Å². The largest absolute Gasteiger partial charge is 0.496 e. The van der Waals surface area contributed by atoms with Gasteiger partial charge in [-0.3, -0.25) is 9.89 Å². The van der Waals surface area contributed by atoms with Gasteiger partial charge in [-0.25, -0.2) is 4.99 Å². The number of aliphatic imine (C=N–C) groups is 2. The van der Waals surface area contributed by atoms with Gasteiger partial charge in [0.05, 0.1) is 26.0 Å². The summed E-state index contributed by atoms with van der Waals surface area (Å²) in [5.74, 6) is 1.53. The highest BCUT2D eigenvalue weighted by atomic mass is 16.5. The molecule has 1 saturated heterocycles. The Kier molecular flexibility index (Phi) is 17.0. The van der Waals surface area contributed by atoms with Gasteiger partial charge in [0.15, 0.2) is 5.84 Å². The number of hydrogen-bond donors (Lipinski definition) is 3. The molecule has 1 aliphatic heterocycles. The smallest absolute Gasteiger partial charge is 0.173 e. The normalized spacial score (nSPS) is 13.6. The Labute approximate surface area is 225 Å². The first-order valence-electron chi connectivity index (χ1n) is 13.9. The molecule has 2 aromatic rings. The van der Waals surface area contributed by atoms with E-state index in [1.54, 1.807) is 7.11 Å². The van der Waals surface area contributed by atoms with Gasteiger partial charge < -0.3 is 25.7 Å². The van der Waals surface area contributed by atoms with Crippen molar-refractivity contribution in [2.45, 2.75) is 67.0 Å². The molecular formula is C29H51N7O. The van der Waals surface area contributed by atoms with Crippen LogP contribution in [0.3, 0.4) is 0 Å². The van der Waals surface area contributed by atoms with Crippen LogP contribution >= 0.6 is 0 Å². The summed E-state index contributed by atoms with van der Waals surface area (Å²) < 4.78 is 7.91. The maximum absolute atomic E-state index is 5.78. The van der Waals surface area contributed by atoms with Crippen molar-refractivity contribution in [1.29, 1.82) is 0 Å². The lowest BCUT2D eigenvalue weighted by Crippen LogP contribution is -2.42. The first kappa shape index (κ1) is 32.3. The van der Waals surface area contributed by atoms with Gasteiger partial charge in [-0.05, 0) is 30.8 Å². The summed E-state index contributed by atoms with van der Waals surface area (Å²) in [4.78, 5) is 11.5. The zero-order chi connectivity index (χ0) is 27.5. The summed E-state index contributed by atoms with van der Waals surface area (Å²) in [5, 5.41) is 6.63. The number of piperazine rings is 1. The molecule has 0 radical (unpaired) electrons. The van der Waals surface area contributed by atoms with Crippen molar-refractivity contribution in [3.63, 3.8) is 0 Å². The molecule has 0 saturated carbocycles. The standard InChI is InChI=1S/C25H39N7O.2C2H6/c1-4-5-6-10-29-25(27-2)24-22(30-19-26)9-13-32(24)18-21-8-7-20(16-23(21)33-3)17-31-14-11-28-12-15-31;2*1-2/h7-9,13,16,28,30H,2,4-6,10-12,14-15,17-19,26H2,1,3H3;2*1-2H3. The number of methoxy groups -OCH3 is 1. The topological polar surface area (TPSA) is 92.2 Å². The molecular weight excluding hydrogens is 462 g/mol. The molecule has 0 bridgehead atoms. The molecule has 208 valence electrons. The lowest BCUT2D eigenvalue weighted by atomic mass is 10.1. The third-order valence-electron chi connectivity index (χ3n) is 5.95. The summed E-state index contributed by atoms with van der Waals surface area (Å²) in [5.41, 5.74) is 9.96. The number of unbranched alkanes of at least 4 members (excludes halogenated alkanes) is 2. The van der Waals surface area contributed by atoms with Gasteiger partial charge >= 0.3 is 0 Å². The number of hydrogen-bond acceptors (Lipinski definition) is 6. The fraction of sp³-hybridized carbons (Fsp3) is 0.586. The predicted octanol–water partition coefficient (Wildman–Crippen LogP) is 4.97. The Balaban J connectivity index is 0.00000163. The fourth-order valence-electron chi connectivity index (χ4n) is 4.18. The van der Waals surface area contributed by atoms with E-state index in [9.17, 15) is 0 Å². The predicted molar refractivity (Wildman–Crippen MR) is 161 cm³/mol. The Morgan fingerprint density at radius 2 is 1.84 bits per heavy atom. The monoisotopic (exact) mass is 513 g/mol. The molecule has 0 aliphatic carbocycles. The van der Waals surface area contributed by atoms with Crippen molar-refractivity contribution < 1.29 is 4.74 Å². The number of amidine groups is 1. The maximum Gasteiger partial charge on any atom is 0.173 e. The molecule has 0 unspecified atom stereocenters. The molecule has 0 amide bonds. The average molecular weight is 514 g/mol. The second-order valence-corrected chi connectivity index (χ2v) is 8.33. The molecule has 1 aromatic carbocycles. The zero-order valence-electron chi connectivity index (χ0n) is 24.1. The van der Waals surface area contributed by atoms with E-state index in [0.717, 1.165) is 81.2 Å². The highest BCUT2D eigenvalue weighted by molar-refractivity contribution is 6.04. The molecule has 8 nitrogen and oxygen atoms in total. The Morgan fingerprint density at radius 1 is 1.11 bits per heavy atom. The second-order valence-electron chi connectivity index (χ2n) is 8.33. The van der Waals surface area contributed by atoms with Crippen LogP contribution in [0.25, 0.3) is 0 Å².